The third-order valence-electron chi connectivity index (χ3n) is 2.99. The van der Waals surface area contributed by atoms with Crippen molar-refractivity contribution < 1.29 is 21.0 Å². The molecule has 116 valence electrons. The van der Waals surface area contributed by atoms with Crippen LogP contribution < -0.4 is 0 Å². The molecule has 0 N–H and O–H groups in total. The first kappa shape index (κ1) is 17.6. The summed E-state index contributed by atoms with van der Waals surface area (Å²) in [4.78, 5) is 0. The molecule has 0 spiro atoms. The zero-order chi connectivity index (χ0) is 16.2. The zero-order valence-corrected chi connectivity index (χ0v) is 12.5. The summed E-state index contributed by atoms with van der Waals surface area (Å²) >= 11 is 0. The van der Waals surface area contributed by atoms with E-state index >= 15 is 0 Å². The predicted molar refractivity (Wildman–Crippen MR) is 77.5 cm³/mol. The van der Waals surface area contributed by atoms with Crippen LogP contribution in [0.3, 0.4) is 0 Å². The summed E-state index contributed by atoms with van der Waals surface area (Å²) in [6.45, 7) is 4.52. The van der Waals surface area contributed by atoms with Crippen molar-refractivity contribution >= 4 is 8.16 Å². The predicted octanol–water partition coefficient (Wildman–Crippen LogP) is 6.97. The Morgan fingerprint density at radius 2 is 0.857 bits per heavy atom. The van der Waals surface area contributed by atoms with Gasteiger partial charge in [-0.1, -0.05) is 74.5 Å². The molecule has 0 heterocycles. The first-order valence-corrected chi connectivity index (χ1v) is 7.86. The molecule has 2 aromatic carbocycles. The van der Waals surface area contributed by atoms with Gasteiger partial charge in [-0.15, -0.1) is 0 Å². The fourth-order valence-electron chi connectivity index (χ4n) is 1.88. The van der Waals surface area contributed by atoms with Gasteiger partial charge >= 0.3 is 29.1 Å². The summed E-state index contributed by atoms with van der Waals surface area (Å²) in [5, 5.41) is 0. The molecule has 0 saturated heterocycles. The van der Waals surface area contributed by atoms with E-state index in [2.05, 4.69) is 74.5 Å². The van der Waals surface area contributed by atoms with Gasteiger partial charge in [0.2, 0.25) is 0 Å². The van der Waals surface area contributed by atoms with Gasteiger partial charge in [0.25, 0.3) is 0 Å². The number of halogens is 5. The van der Waals surface area contributed by atoms with E-state index in [-0.39, 0.29) is 5.41 Å². The van der Waals surface area contributed by atoms with Crippen LogP contribution in [0, 0.1) is 0 Å². The van der Waals surface area contributed by atoms with E-state index < -0.39 is 8.16 Å². The second-order valence-electron chi connectivity index (χ2n) is 5.00. The molecule has 0 aliphatic heterocycles. The standard InChI is InChI=1S/C15H16.F5P/c1-15(2,13-9-5-3-6-10-13)14-11-7-4-8-12-14;1-6(2,3,4)5/h3-12H,1-2H3;. The number of benzene rings is 2. The molecule has 0 unspecified atom stereocenters. The SMILES string of the molecule is CC(C)(c1ccccc1)c1ccccc1.FP(F)(F)(F)F. The molecule has 0 aliphatic rings. The van der Waals surface area contributed by atoms with Gasteiger partial charge in [0, 0.05) is 5.41 Å². The molecular weight excluding hydrogens is 306 g/mol. The maximum absolute atomic E-state index is 9.84. The fraction of sp³-hybridized carbons (Fsp3) is 0.200. The van der Waals surface area contributed by atoms with E-state index in [9.17, 15) is 21.0 Å². The Hall–Kier alpha value is -1.48. The zero-order valence-electron chi connectivity index (χ0n) is 11.6. The van der Waals surface area contributed by atoms with Crippen LogP contribution in [0.4, 0.5) is 21.0 Å². The number of hydrogen-bond acceptors (Lipinski definition) is 0. The molecule has 0 atom stereocenters. The van der Waals surface area contributed by atoms with Crippen LogP contribution in [0.25, 0.3) is 0 Å². The molecular formula is C15H16F5P. The van der Waals surface area contributed by atoms with Gasteiger partial charge in [-0.25, -0.2) is 0 Å². The van der Waals surface area contributed by atoms with E-state index in [1.54, 1.807) is 0 Å². The Morgan fingerprint density at radius 3 is 1.10 bits per heavy atom. The normalized spacial score (nSPS) is 13.6. The Labute approximate surface area is 121 Å². The average molecular weight is 322 g/mol. The van der Waals surface area contributed by atoms with Crippen molar-refractivity contribution in [3.05, 3.63) is 71.8 Å². The van der Waals surface area contributed by atoms with Gasteiger partial charge in [0.1, 0.15) is 0 Å². The van der Waals surface area contributed by atoms with Crippen LogP contribution in [0.1, 0.15) is 25.0 Å². The van der Waals surface area contributed by atoms with Crippen LogP contribution >= 0.6 is 8.16 Å². The van der Waals surface area contributed by atoms with Gasteiger partial charge in [0.05, 0.1) is 0 Å². The van der Waals surface area contributed by atoms with E-state index in [1.807, 2.05) is 0 Å². The summed E-state index contributed by atoms with van der Waals surface area (Å²) < 4.78 is 49.2. The molecule has 0 saturated carbocycles. The van der Waals surface area contributed by atoms with E-state index in [4.69, 9.17) is 0 Å². The van der Waals surface area contributed by atoms with Crippen LogP contribution in [0.2, 0.25) is 0 Å². The van der Waals surface area contributed by atoms with Crippen molar-refractivity contribution in [3.63, 3.8) is 0 Å². The van der Waals surface area contributed by atoms with Crippen LogP contribution in [0.5, 0.6) is 0 Å². The van der Waals surface area contributed by atoms with Crippen molar-refractivity contribution in [2.24, 2.45) is 0 Å². The minimum atomic E-state index is -8.55. The quantitative estimate of drug-likeness (QED) is 0.413. The van der Waals surface area contributed by atoms with Crippen LogP contribution in [-0.2, 0) is 5.41 Å². The summed E-state index contributed by atoms with van der Waals surface area (Å²) in [7, 11) is -8.55. The third-order valence-corrected chi connectivity index (χ3v) is 2.99. The second kappa shape index (κ2) is 6.10. The molecule has 2 rings (SSSR count). The van der Waals surface area contributed by atoms with Gasteiger partial charge in [-0.3, -0.25) is 0 Å². The Bertz CT molecular complexity index is 500. The summed E-state index contributed by atoms with van der Waals surface area (Å²) in [6.07, 6.45) is 0. The molecule has 6 heteroatoms. The van der Waals surface area contributed by atoms with Gasteiger partial charge < -0.3 is 0 Å². The van der Waals surface area contributed by atoms with Crippen molar-refractivity contribution in [1.82, 2.24) is 0 Å². The van der Waals surface area contributed by atoms with Crippen LogP contribution in [0.15, 0.2) is 60.7 Å². The molecule has 0 aliphatic carbocycles. The monoisotopic (exact) mass is 322 g/mol. The van der Waals surface area contributed by atoms with Crippen molar-refractivity contribution in [2.75, 3.05) is 0 Å². The van der Waals surface area contributed by atoms with Crippen LogP contribution in [-0.4, -0.2) is 0 Å². The maximum atomic E-state index is 9.84. The summed E-state index contributed by atoms with van der Waals surface area (Å²) in [5.41, 5.74) is 2.80. The Balaban J connectivity index is 0.000000315. The van der Waals surface area contributed by atoms with Crippen molar-refractivity contribution in [1.29, 1.82) is 0 Å². The van der Waals surface area contributed by atoms with E-state index in [0.29, 0.717) is 0 Å². The summed E-state index contributed by atoms with van der Waals surface area (Å²) in [5.74, 6) is 0. The molecule has 0 fully saturated rings. The molecule has 0 nitrogen and oxygen atoms in total. The van der Waals surface area contributed by atoms with Crippen molar-refractivity contribution in [3.8, 4) is 0 Å². The van der Waals surface area contributed by atoms with E-state index in [0.717, 1.165) is 0 Å². The fourth-order valence-corrected chi connectivity index (χ4v) is 1.88. The number of rotatable bonds is 2. The molecule has 2 aromatic rings. The molecule has 0 bridgehead atoms. The molecule has 0 amide bonds. The molecule has 0 radical (unpaired) electrons. The van der Waals surface area contributed by atoms with Crippen molar-refractivity contribution in [2.45, 2.75) is 19.3 Å². The minimum absolute atomic E-state index is 0.0858. The summed E-state index contributed by atoms with van der Waals surface area (Å²) in [6, 6.07) is 21.3. The Morgan fingerprint density at radius 1 is 0.619 bits per heavy atom. The van der Waals surface area contributed by atoms with E-state index in [1.165, 1.54) is 11.1 Å². The molecule has 0 aromatic heterocycles. The third kappa shape index (κ3) is 7.19. The molecule has 21 heavy (non-hydrogen) atoms. The Kier molecular flexibility index (Phi) is 5.11. The van der Waals surface area contributed by atoms with Gasteiger partial charge in [-0.2, -0.15) is 0 Å². The van der Waals surface area contributed by atoms with Gasteiger partial charge in [0.15, 0.2) is 0 Å². The number of hydrogen-bond donors (Lipinski definition) is 0. The topological polar surface area (TPSA) is 0 Å². The van der Waals surface area contributed by atoms with Gasteiger partial charge in [-0.05, 0) is 11.1 Å². The second-order valence-corrected chi connectivity index (χ2v) is 6.27. The average Bonchev–Trinajstić information content (AvgIpc) is 2.38. The first-order valence-electron chi connectivity index (χ1n) is 6.17. The first-order chi connectivity index (χ1) is 9.45.